The van der Waals surface area contributed by atoms with Crippen LogP contribution in [-0.2, 0) is 14.8 Å². The topological polar surface area (TPSA) is 75.7 Å². The highest BCUT2D eigenvalue weighted by atomic mass is 32.2. The van der Waals surface area contributed by atoms with Crippen LogP contribution in [0.2, 0.25) is 0 Å². The molecular weight excluding hydrogens is 424 g/mol. The van der Waals surface area contributed by atoms with Gasteiger partial charge in [-0.3, -0.25) is 9.10 Å². The zero-order valence-electron chi connectivity index (χ0n) is 19.0. The molecule has 1 N–H and O–H groups in total. The van der Waals surface area contributed by atoms with Crippen molar-refractivity contribution in [2.75, 3.05) is 23.3 Å². The lowest BCUT2D eigenvalue weighted by Gasteiger charge is -2.20. The molecule has 0 spiro atoms. The van der Waals surface area contributed by atoms with Crippen molar-refractivity contribution in [2.45, 2.75) is 32.6 Å². The van der Waals surface area contributed by atoms with E-state index >= 15 is 0 Å². The minimum Gasteiger partial charge on any atom is -0.484 e. The Morgan fingerprint density at radius 1 is 0.875 bits per heavy atom. The monoisotopic (exact) mass is 452 g/mol. The number of amides is 1. The van der Waals surface area contributed by atoms with Crippen LogP contribution in [0, 0.1) is 27.7 Å². The van der Waals surface area contributed by atoms with Crippen molar-refractivity contribution in [3.05, 3.63) is 82.9 Å². The Labute approximate surface area is 189 Å². The maximum Gasteiger partial charge on any atom is 0.264 e. The van der Waals surface area contributed by atoms with Crippen molar-refractivity contribution < 1.29 is 17.9 Å². The number of nitrogens with zero attached hydrogens (tertiary/aromatic N) is 1. The smallest absolute Gasteiger partial charge is 0.264 e. The summed E-state index contributed by atoms with van der Waals surface area (Å²) in [7, 11) is -2.16. The van der Waals surface area contributed by atoms with Gasteiger partial charge >= 0.3 is 0 Å². The molecule has 0 aliphatic rings. The second kappa shape index (κ2) is 9.44. The average Bonchev–Trinajstić information content (AvgIpc) is 2.75. The van der Waals surface area contributed by atoms with Crippen molar-refractivity contribution in [2.24, 2.45) is 0 Å². The second-order valence-corrected chi connectivity index (χ2v) is 9.86. The fourth-order valence-electron chi connectivity index (χ4n) is 3.46. The van der Waals surface area contributed by atoms with E-state index in [4.69, 9.17) is 4.74 Å². The summed E-state index contributed by atoms with van der Waals surface area (Å²) in [4.78, 5) is 12.6. The molecule has 0 bridgehead atoms. The van der Waals surface area contributed by atoms with Gasteiger partial charge in [-0.05, 0) is 75.2 Å². The van der Waals surface area contributed by atoms with Gasteiger partial charge in [-0.1, -0.05) is 35.4 Å². The van der Waals surface area contributed by atoms with Gasteiger partial charge in [0.1, 0.15) is 5.75 Å². The maximum atomic E-state index is 12.8. The molecule has 0 atom stereocenters. The summed E-state index contributed by atoms with van der Waals surface area (Å²) in [6.45, 7) is 7.68. The number of nitrogens with one attached hydrogen (secondary N) is 1. The zero-order valence-corrected chi connectivity index (χ0v) is 19.8. The number of aryl methyl sites for hydroxylation is 4. The standard InChI is InChI=1S/C25H28N2O4S/c1-17-6-12-23(13-7-17)32(29,30)27(5)21-8-10-22(11-9-21)31-16-24(28)26-25-19(3)14-18(2)15-20(25)4/h6-15H,16H2,1-5H3,(H,26,28). The highest BCUT2D eigenvalue weighted by Gasteiger charge is 2.21. The van der Waals surface area contributed by atoms with E-state index in [0.717, 1.165) is 27.9 Å². The van der Waals surface area contributed by atoms with Crippen LogP contribution in [0.4, 0.5) is 11.4 Å². The van der Waals surface area contributed by atoms with Crippen LogP contribution in [-0.4, -0.2) is 28.0 Å². The number of hydrogen-bond donors (Lipinski definition) is 1. The summed E-state index contributed by atoms with van der Waals surface area (Å²) in [6.07, 6.45) is 0. The minimum absolute atomic E-state index is 0.149. The summed E-state index contributed by atoms with van der Waals surface area (Å²) in [5.74, 6) is 0.214. The van der Waals surface area contributed by atoms with Crippen molar-refractivity contribution in [3.8, 4) is 5.75 Å². The van der Waals surface area contributed by atoms with Gasteiger partial charge < -0.3 is 10.1 Å². The van der Waals surface area contributed by atoms with Gasteiger partial charge in [0.15, 0.2) is 6.61 Å². The Hall–Kier alpha value is -3.32. The molecule has 0 unspecified atom stereocenters. The summed E-state index contributed by atoms with van der Waals surface area (Å²) < 4.78 is 32.5. The van der Waals surface area contributed by atoms with Gasteiger partial charge in [0, 0.05) is 12.7 Å². The SMILES string of the molecule is Cc1ccc(S(=O)(=O)N(C)c2ccc(OCC(=O)Nc3c(C)cc(C)cc3C)cc2)cc1. The molecule has 1 amide bonds. The van der Waals surface area contributed by atoms with Gasteiger partial charge in [0.25, 0.3) is 15.9 Å². The number of rotatable bonds is 7. The average molecular weight is 453 g/mol. The van der Waals surface area contributed by atoms with E-state index in [9.17, 15) is 13.2 Å². The first kappa shape index (κ1) is 23.3. The molecule has 3 rings (SSSR count). The van der Waals surface area contributed by atoms with E-state index in [0.29, 0.717) is 11.4 Å². The molecule has 0 aliphatic heterocycles. The van der Waals surface area contributed by atoms with E-state index in [1.54, 1.807) is 48.5 Å². The number of carbonyl (C=O) groups is 1. The molecule has 0 fully saturated rings. The van der Waals surface area contributed by atoms with Gasteiger partial charge in [-0.2, -0.15) is 0 Å². The van der Waals surface area contributed by atoms with Crippen LogP contribution in [0.5, 0.6) is 5.75 Å². The van der Waals surface area contributed by atoms with Gasteiger partial charge in [-0.15, -0.1) is 0 Å². The summed E-state index contributed by atoms with van der Waals surface area (Å²) in [5.41, 5.74) is 5.42. The highest BCUT2D eigenvalue weighted by molar-refractivity contribution is 7.92. The van der Waals surface area contributed by atoms with Crippen LogP contribution >= 0.6 is 0 Å². The predicted molar refractivity (Wildman–Crippen MR) is 128 cm³/mol. The fraction of sp³-hybridized carbons (Fsp3) is 0.240. The zero-order chi connectivity index (χ0) is 23.5. The van der Waals surface area contributed by atoms with Gasteiger partial charge in [-0.25, -0.2) is 8.42 Å². The lowest BCUT2D eigenvalue weighted by Crippen LogP contribution is -2.26. The molecule has 0 aromatic heterocycles. The Balaban J connectivity index is 1.63. The van der Waals surface area contributed by atoms with E-state index in [1.165, 1.54) is 11.4 Å². The third-order valence-electron chi connectivity index (χ3n) is 5.19. The van der Waals surface area contributed by atoms with E-state index in [-0.39, 0.29) is 17.4 Å². The molecule has 168 valence electrons. The second-order valence-electron chi connectivity index (χ2n) is 7.89. The molecule has 0 saturated heterocycles. The largest absolute Gasteiger partial charge is 0.484 e. The molecule has 32 heavy (non-hydrogen) atoms. The Kier molecular flexibility index (Phi) is 6.89. The first-order valence-corrected chi connectivity index (χ1v) is 11.7. The van der Waals surface area contributed by atoms with Crippen molar-refractivity contribution >= 4 is 27.3 Å². The molecule has 3 aromatic rings. The highest BCUT2D eigenvalue weighted by Crippen LogP contribution is 2.25. The van der Waals surface area contributed by atoms with E-state index in [1.807, 2.05) is 39.8 Å². The van der Waals surface area contributed by atoms with E-state index < -0.39 is 10.0 Å². The first-order chi connectivity index (χ1) is 15.1. The molecular formula is C25H28N2O4S. The molecule has 0 saturated carbocycles. The van der Waals surface area contributed by atoms with Crippen LogP contribution in [0.25, 0.3) is 0 Å². The predicted octanol–water partition coefficient (Wildman–Crippen LogP) is 4.76. The molecule has 3 aromatic carbocycles. The third kappa shape index (κ3) is 5.29. The molecule has 0 radical (unpaired) electrons. The lowest BCUT2D eigenvalue weighted by molar-refractivity contribution is -0.118. The first-order valence-electron chi connectivity index (χ1n) is 10.2. The van der Waals surface area contributed by atoms with Crippen LogP contribution < -0.4 is 14.4 Å². The van der Waals surface area contributed by atoms with Gasteiger partial charge in [0.2, 0.25) is 0 Å². The molecule has 0 heterocycles. The normalized spacial score (nSPS) is 11.2. The molecule has 7 heteroatoms. The number of sulfonamides is 1. The quantitative estimate of drug-likeness (QED) is 0.561. The Morgan fingerprint density at radius 2 is 1.44 bits per heavy atom. The minimum atomic E-state index is -3.66. The third-order valence-corrected chi connectivity index (χ3v) is 6.99. The number of ether oxygens (including phenoxy) is 1. The maximum absolute atomic E-state index is 12.8. The van der Waals surface area contributed by atoms with Crippen molar-refractivity contribution in [1.82, 2.24) is 0 Å². The summed E-state index contributed by atoms with van der Waals surface area (Å²) in [6, 6.07) is 17.3. The summed E-state index contributed by atoms with van der Waals surface area (Å²) >= 11 is 0. The summed E-state index contributed by atoms with van der Waals surface area (Å²) in [5, 5.41) is 2.90. The number of hydrogen-bond acceptors (Lipinski definition) is 4. The van der Waals surface area contributed by atoms with Gasteiger partial charge in [0.05, 0.1) is 10.6 Å². The Bertz CT molecular complexity index is 1190. The number of benzene rings is 3. The fourth-order valence-corrected chi connectivity index (χ4v) is 4.66. The van der Waals surface area contributed by atoms with Crippen LogP contribution in [0.1, 0.15) is 22.3 Å². The van der Waals surface area contributed by atoms with Crippen LogP contribution in [0.15, 0.2) is 65.6 Å². The number of carbonyl (C=O) groups excluding carboxylic acids is 1. The number of anilines is 2. The van der Waals surface area contributed by atoms with Crippen LogP contribution in [0.3, 0.4) is 0 Å². The lowest BCUT2D eigenvalue weighted by atomic mass is 10.1. The van der Waals surface area contributed by atoms with Crippen molar-refractivity contribution in [3.63, 3.8) is 0 Å². The molecule has 6 nitrogen and oxygen atoms in total. The molecule has 0 aliphatic carbocycles. The van der Waals surface area contributed by atoms with Crippen molar-refractivity contribution in [1.29, 1.82) is 0 Å². The Morgan fingerprint density at radius 3 is 2.00 bits per heavy atom. The van der Waals surface area contributed by atoms with E-state index in [2.05, 4.69) is 5.32 Å².